The van der Waals surface area contributed by atoms with Crippen LogP contribution in [-0.4, -0.2) is 34.5 Å². The van der Waals surface area contributed by atoms with Crippen molar-refractivity contribution in [2.45, 2.75) is 0 Å². The van der Waals surface area contributed by atoms with Crippen LogP contribution in [-0.2, 0) is 0 Å². The molecule has 4 rings (SSSR count). The first kappa shape index (κ1) is 19.2. The van der Waals surface area contributed by atoms with Crippen molar-refractivity contribution in [2.24, 2.45) is 5.73 Å². The fraction of sp³-hybridized carbons (Fsp3) is 0.0952. The number of methoxy groups -OCH3 is 2. The van der Waals surface area contributed by atoms with Crippen LogP contribution < -0.4 is 20.5 Å². The van der Waals surface area contributed by atoms with Gasteiger partial charge in [0.2, 0.25) is 5.91 Å². The van der Waals surface area contributed by atoms with Gasteiger partial charge in [0.05, 0.1) is 19.9 Å². The molecule has 0 radical (unpaired) electrons. The van der Waals surface area contributed by atoms with Gasteiger partial charge < -0.3 is 24.9 Å². The summed E-state index contributed by atoms with van der Waals surface area (Å²) in [6.45, 7) is 0. The Morgan fingerprint density at radius 2 is 1.93 bits per heavy atom. The van der Waals surface area contributed by atoms with Crippen LogP contribution in [0.2, 0.25) is 0 Å². The molecule has 9 heteroatoms. The molecule has 0 aliphatic heterocycles. The number of imidazole rings is 1. The number of amides is 1. The molecule has 1 amide bonds. The predicted octanol–water partition coefficient (Wildman–Crippen LogP) is 3.40. The number of fused-ring (bicyclic) bond motifs is 1. The molecule has 0 unspecified atom stereocenters. The molecule has 30 heavy (non-hydrogen) atoms. The lowest BCUT2D eigenvalue weighted by atomic mass is 10.1. The van der Waals surface area contributed by atoms with E-state index in [2.05, 4.69) is 15.3 Å². The maximum absolute atomic E-state index is 14.5. The van der Waals surface area contributed by atoms with Crippen molar-refractivity contribution < 1.29 is 18.7 Å². The summed E-state index contributed by atoms with van der Waals surface area (Å²) in [6, 6.07) is 9.20. The highest BCUT2D eigenvalue weighted by Crippen LogP contribution is 2.32. The molecule has 2 aromatic carbocycles. The molecule has 4 aromatic rings. The van der Waals surface area contributed by atoms with E-state index < -0.39 is 11.7 Å². The monoisotopic (exact) mass is 407 g/mol. The van der Waals surface area contributed by atoms with Gasteiger partial charge in [0.25, 0.3) is 0 Å². The zero-order valence-electron chi connectivity index (χ0n) is 16.2. The van der Waals surface area contributed by atoms with E-state index in [1.807, 2.05) is 0 Å². The second-order valence-electron chi connectivity index (χ2n) is 6.39. The van der Waals surface area contributed by atoms with Gasteiger partial charge in [0.1, 0.15) is 5.82 Å². The molecule has 0 bridgehead atoms. The third-order valence-electron chi connectivity index (χ3n) is 4.55. The van der Waals surface area contributed by atoms with Gasteiger partial charge in [-0.3, -0.25) is 4.79 Å². The number of carbonyl (C=O) groups excluding carboxylic acids is 1. The van der Waals surface area contributed by atoms with Crippen molar-refractivity contribution in [1.82, 2.24) is 14.4 Å². The van der Waals surface area contributed by atoms with E-state index >= 15 is 0 Å². The summed E-state index contributed by atoms with van der Waals surface area (Å²) < 4.78 is 26.8. The van der Waals surface area contributed by atoms with Crippen molar-refractivity contribution in [3.05, 3.63) is 66.4 Å². The van der Waals surface area contributed by atoms with Crippen LogP contribution in [0.15, 0.2) is 55.0 Å². The number of halogens is 1. The van der Waals surface area contributed by atoms with Crippen molar-refractivity contribution >= 4 is 23.1 Å². The van der Waals surface area contributed by atoms with Gasteiger partial charge in [-0.1, -0.05) is 0 Å². The molecule has 0 fully saturated rings. The second-order valence-corrected chi connectivity index (χ2v) is 6.39. The van der Waals surface area contributed by atoms with Crippen molar-refractivity contribution in [3.8, 4) is 22.8 Å². The summed E-state index contributed by atoms with van der Waals surface area (Å²) >= 11 is 0. The number of nitrogens with zero attached hydrogens (tertiary/aromatic N) is 3. The largest absolute Gasteiger partial charge is 0.493 e. The number of rotatable bonds is 6. The van der Waals surface area contributed by atoms with Crippen LogP contribution in [0.5, 0.6) is 11.5 Å². The number of hydrogen-bond acceptors (Lipinski definition) is 6. The molecule has 0 atom stereocenters. The average Bonchev–Trinajstić information content (AvgIpc) is 3.22. The van der Waals surface area contributed by atoms with Crippen LogP contribution in [0.3, 0.4) is 0 Å². The molecular formula is C21H18FN5O3. The van der Waals surface area contributed by atoms with Gasteiger partial charge in [-0.25, -0.2) is 14.4 Å². The molecule has 152 valence electrons. The number of ether oxygens (including phenoxy) is 2. The number of nitrogens with one attached hydrogen (secondary N) is 1. The quantitative estimate of drug-likeness (QED) is 0.508. The number of primary amides is 1. The maximum atomic E-state index is 14.5. The molecule has 2 aromatic heterocycles. The first-order chi connectivity index (χ1) is 14.5. The summed E-state index contributed by atoms with van der Waals surface area (Å²) in [7, 11) is 3.10. The standard InChI is InChI=1S/C21H18FN5O3/c1-29-17-6-4-13(10-18(17)30-2)25-20-21-24-7-8-27(21)11-16(26-20)14-9-12(19(23)28)3-5-15(14)22/h3-11H,1-2H3,(H2,23,28)(H,25,26). The number of aromatic nitrogens is 3. The van der Waals surface area contributed by atoms with Gasteiger partial charge in [-0.2, -0.15) is 0 Å². The maximum Gasteiger partial charge on any atom is 0.248 e. The highest BCUT2D eigenvalue weighted by Gasteiger charge is 2.15. The Morgan fingerprint density at radius 3 is 2.67 bits per heavy atom. The summed E-state index contributed by atoms with van der Waals surface area (Å²) in [5.41, 5.74) is 7.20. The topological polar surface area (TPSA) is 104 Å². The van der Waals surface area contributed by atoms with E-state index in [0.29, 0.717) is 34.3 Å². The first-order valence-corrected chi connectivity index (χ1v) is 8.92. The predicted molar refractivity (Wildman–Crippen MR) is 110 cm³/mol. The highest BCUT2D eigenvalue weighted by atomic mass is 19.1. The fourth-order valence-corrected chi connectivity index (χ4v) is 3.07. The van der Waals surface area contributed by atoms with E-state index in [1.165, 1.54) is 18.2 Å². The Bertz CT molecular complexity index is 1250. The van der Waals surface area contributed by atoms with Crippen molar-refractivity contribution in [1.29, 1.82) is 0 Å². The van der Waals surface area contributed by atoms with E-state index in [4.69, 9.17) is 15.2 Å². The third-order valence-corrected chi connectivity index (χ3v) is 4.55. The van der Waals surface area contributed by atoms with Gasteiger partial charge >= 0.3 is 0 Å². The van der Waals surface area contributed by atoms with E-state index in [0.717, 1.165) is 0 Å². The van der Waals surface area contributed by atoms with Crippen LogP contribution >= 0.6 is 0 Å². The van der Waals surface area contributed by atoms with E-state index in [1.54, 1.807) is 55.4 Å². The molecule has 0 saturated carbocycles. The van der Waals surface area contributed by atoms with Crippen LogP contribution in [0.25, 0.3) is 16.9 Å². The number of anilines is 2. The Morgan fingerprint density at radius 1 is 1.13 bits per heavy atom. The number of nitrogens with two attached hydrogens (primary N) is 1. The highest BCUT2D eigenvalue weighted by molar-refractivity contribution is 5.94. The van der Waals surface area contributed by atoms with Gasteiger partial charge in [0, 0.05) is 41.5 Å². The number of benzene rings is 2. The summed E-state index contributed by atoms with van der Waals surface area (Å²) in [6.07, 6.45) is 4.96. The Kier molecular flexibility index (Phi) is 4.93. The molecule has 0 aliphatic carbocycles. The Balaban J connectivity index is 1.82. The zero-order chi connectivity index (χ0) is 21.3. The molecule has 0 aliphatic rings. The minimum Gasteiger partial charge on any atom is -0.493 e. The smallest absolute Gasteiger partial charge is 0.248 e. The lowest BCUT2D eigenvalue weighted by Gasteiger charge is -2.13. The lowest BCUT2D eigenvalue weighted by molar-refractivity contribution is 0.100. The van der Waals surface area contributed by atoms with Gasteiger partial charge in [-0.15, -0.1) is 0 Å². The molecule has 8 nitrogen and oxygen atoms in total. The molecule has 0 saturated heterocycles. The van der Waals surface area contributed by atoms with Gasteiger partial charge in [0.15, 0.2) is 23.0 Å². The van der Waals surface area contributed by atoms with E-state index in [9.17, 15) is 9.18 Å². The summed E-state index contributed by atoms with van der Waals surface area (Å²) in [5, 5.41) is 3.18. The second kappa shape index (κ2) is 7.70. The van der Waals surface area contributed by atoms with Crippen molar-refractivity contribution in [2.75, 3.05) is 19.5 Å². The Hall–Kier alpha value is -4.14. The molecule has 3 N–H and O–H groups in total. The molecule has 0 spiro atoms. The summed E-state index contributed by atoms with van der Waals surface area (Å²) in [4.78, 5) is 20.4. The average molecular weight is 407 g/mol. The van der Waals surface area contributed by atoms with E-state index in [-0.39, 0.29) is 11.1 Å². The number of carbonyl (C=O) groups is 1. The van der Waals surface area contributed by atoms with Crippen LogP contribution in [0, 0.1) is 5.82 Å². The SMILES string of the molecule is COc1ccc(Nc2nc(-c3cc(C(N)=O)ccc3F)cn3ccnc23)cc1OC. The lowest BCUT2D eigenvalue weighted by Crippen LogP contribution is -2.11. The van der Waals surface area contributed by atoms with Gasteiger partial charge in [-0.05, 0) is 30.3 Å². The fourth-order valence-electron chi connectivity index (χ4n) is 3.07. The molecular weight excluding hydrogens is 389 g/mol. The van der Waals surface area contributed by atoms with Crippen LogP contribution in [0.1, 0.15) is 10.4 Å². The third kappa shape index (κ3) is 3.48. The minimum absolute atomic E-state index is 0.150. The zero-order valence-corrected chi connectivity index (χ0v) is 16.2. The molecule has 2 heterocycles. The first-order valence-electron chi connectivity index (χ1n) is 8.92. The van der Waals surface area contributed by atoms with Crippen molar-refractivity contribution in [3.63, 3.8) is 0 Å². The normalized spacial score (nSPS) is 10.8. The summed E-state index contributed by atoms with van der Waals surface area (Å²) in [5.74, 6) is 0.348. The number of hydrogen-bond donors (Lipinski definition) is 2. The van der Waals surface area contributed by atoms with Crippen LogP contribution in [0.4, 0.5) is 15.9 Å². The minimum atomic E-state index is -0.649. The Labute approximate surface area is 171 Å².